The van der Waals surface area contributed by atoms with Crippen LogP contribution in [-0.4, -0.2) is 42.3 Å². The maximum Gasteiger partial charge on any atom is 0.163 e. The Labute approximate surface area is 152 Å². The average molecular weight is 357 g/mol. The van der Waals surface area contributed by atoms with Gasteiger partial charge in [-0.25, -0.2) is 0 Å². The first-order valence-electron chi connectivity index (χ1n) is 9.88. The molecule has 0 aliphatic carbocycles. The lowest BCUT2D eigenvalue weighted by Gasteiger charge is -2.45. The zero-order valence-electron chi connectivity index (χ0n) is 16.6. The van der Waals surface area contributed by atoms with Gasteiger partial charge in [0.1, 0.15) is 6.29 Å². The molecule has 0 aromatic carbocycles. The Kier molecular flexibility index (Phi) is 7.44. The highest BCUT2D eigenvalue weighted by Gasteiger charge is 2.40. The van der Waals surface area contributed by atoms with Gasteiger partial charge < -0.3 is 23.7 Å². The lowest BCUT2D eigenvalue weighted by atomic mass is 9.95. The maximum absolute atomic E-state index is 10.9. The van der Waals surface area contributed by atoms with Crippen LogP contribution < -0.4 is 0 Å². The molecule has 0 bridgehead atoms. The quantitative estimate of drug-likeness (QED) is 0.477. The summed E-state index contributed by atoms with van der Waals surface area (Å²) in [6.45, 7) is 10.0. The van der Waals surface area contributed by atoms with Crippen molar-refractivity contribution < 1.29 is 23.7 Å². The molecule has 0 aromatic heterocycles. The van der Waals surface area contributed by atoms with Crippen molar-refractivity contribution >= 4 is 6.29 Å². The minimum Gasteiger partial charge on any atom is -0.347 e. The van der Waals surface area contributed by atoms with Crippen molar-refractivity contribution in [2.45, 2.75) is 122 Å². The largest absolute Gasteiger partial charge is 0.347 e. The summed E-state index contributed by atoms with van der Waals surface area (Å²) in [5, 5.41) is 0. The molecule has 25 heavy (non-hydrogen) atoms. The third kappa shape index (κ3) is 6.97. The van der Waals surface area contributed by atoms with Gasteiger partial charge in [-0.1, -0.05) is 26.2 Å². The molecule has 0 N–H and O–H groups in total. The van der Waals surface area contributed by atoms with Crippen LogP contribution in [0.3, 0.4) is 0 Å². The van der Waals surface area contributed by atoms with E-state index in [1.807, 2.05) is 27.7 Å². The van der Waals surface area contributed by atoms with Crippen LogP contribution in [0.2, 0.25) is 0 Å². The van der Waals surface area contributed by atoms with E-state index in [1.165, 1.54) is 19.3 Å². The number of carbonyl (C=O) groups excluding carboxylic acids is 1. The van der Waals surface area contributed by atoms with Crippen LogP contribution >= 0.6 is 0 Å². The summed E-state index contributed by atoms with van der Waals surface area (Å²) in [6.07, 6.45) is 8.92. The van der Waals surface area contributed by atoms with Gasteiger partial charge >= 0.3 is 0 Å². The third-order valence-corrected chi connectivity index (χ3v) is 4.87. The first-order valence-corrected chi connectivity index (χ1v) is 9.88. The van der Waals surface area contributed by atoms with Gasteiger partial charge in [-0.2, -0.15) is 0 Å². The van der Waals surface area contributed by atoms with Crippen LogP contribution in [0.4, 0.5) is 0 Å². The summed E-state index contributed by atoms with van der Waals surface area (Å²) in [5.74, 6) is -1.21. The molecule has 2 heterocycles. The zero-order chi connectivity index (χ0) is 18.5. The van der Waals surface area contributed by atoms with Crippen molar-refractivity contribution in [2.24, 2.45) is 0 Å². The van der Waals surface area contributed by atoms with Crippen molar-refractivity contribution in [2.75, 3.05) is 0 Å². The first kappa shape index (κ1) is 20.8. The molecule has 2 aliphatic rings. The minimum absolute atomic E-state index is 0.0453. The molecule has 5 heteroatoms. The number of rotatable bonds is 8. The van der Waals surface area contributed by atoms with Gasteiger partial charge in [0.05, 0.1) is 24.4 Å². The van der Waals surface area contributed by atoms with Crippen LogP contribution in [0, 0.1) is 0 Å². The van der Waals surface area contributed by atoms with Gasteiger partial charge in [-0.3, -0.25) is 0 Å². The van der Waals surface area contributed by atoms with Gasteiger partial charge in [-0.05, 0) is 34.1 Å². The first-order chi connectivity index (χ1) is 11.7. The van der Waals surface area contributed by atoms with E-state index in [9.17, 15) is 4.79 Å². The lowest BCUT2D eigenvalue weighted by molar-refractivity contribution is -0.324. The number of hydrogen-bond donors (Lipinski definition) is 0. The average Bonchev–Trinajstić information content (AvgIpc) is 2.44. The molecule has 0 amide bonds. The minimum atomic E-state index is -0.655. The van der Waals surface area contributed by atoms with Crippen LogP contribution in [0.1, 0.15) is 86.0 Å². The maximum atomic E-state index is 10.9. The smallest absolute Gasteiger partial charge is 0.163 e. The number of aldehydes is 1. The van der Waals surface area contributed by atoms with Gasteiger partial charge in [-0.15, -0.1) is 0 Å². The molecule has 0 radical (unpaired) electrons. The molecule has 146 valence electrons. The van der Waals surface area contributed by atoms with Gasteiger partial charge in [0, 0.05) is 25.7 Å². The van der Waals surface area contributed by atoms with E-state index in [4.69, 9.17) is 18.9 Å². The summed E-state index contributed by atoms with van der Waals surface area (Å²) < 4.78 is 24.2. The summed E-state index contributed by atoms with van der Waals surface area (Å²) in [4.78, 5) is 10.9. The van der Waals surface area contributed by atoms with Crippen LogP contribution in [0.15, 0.2) is 0 Å². The predicted octanol–water partition coefficient (Wildman–Crippen LogP) is 4.37. The molecule has 5 nitrogen and oxygen atoms in total. The Hall–Kier alpha value is -0.490. The standard InChI is InChI=1S/C20H36O5/c1-6-7-8-9-15-12-17(24-19(2,3)22-15)14-18-13-16(10-11-21)23-20(4,5)25-18/h11,15-18H,6-10,12-14H2,1-5H3/t15-,16+,17-,18+/m1/s1. The fourth-order valence-corrected chi connectivity index (χ4v) is 4.07. The van der Waals surface area contributed by atoms with E-state index in [1.54, 1.807) is 0 Å². The highest BCUT2D eigenvalue weighted by atomic mass is 16.7. The molecule has 4 atom stereocenters. The summed E-state index contributed by atoms with van der Waals surface area (Å²) >= 11 is 0. The molecule has 2 rings (SSSR count). The summed E-state index contributed by atoms with van der Waals surface area (Å²) in [6, 6.07) is 0. The van der Waals surface area contributed by atoms with E-state index < -0.39 is 11.6 Å². The molecule has 2 aliphatic heterocycles. The van der Waals surface area contributed by atoms with Crippen molar-refractivity contribution in [1.29, 1.82) is 0 Å². The van der Waals surface area contributed by atoms with Crippen molar-refractivity contribution in [3.05, 3.63) is 0 Å². The summed E-state index contributed by atoms with van der Waals surface area (Å²) in [7, 11) is 0. The molecular weight excluding hydrogens is 320 g/mol. The molecular formula is C20H36O5. The zero-order valence-corrected chi connectivity index (χ0v) is 16.6. The van der Waals surface area contributed by atoms with Crippen LogP contribution in [-0.2, 0) is 23.7 Å². The van der Waals surface area contributed by atoms with E-state index in [2.05, 4.69) is 6.92 Å². The topological polar surface area (TPSA) is 54.0 Å². The fourth-order valence-electron chi connectivity index (χ4n) is 4.07. The molecule has 2 fully saturated rings. The van der Waals surface area contributed by atoms with Gasteiger partial charge in [0.15, 0.2) is 11.6 Å². The van der Waals surface area contributed by atoms with E-state index in [-0.39, 0.29) is 24.4 Å². The molecule has 0 saturated carbocycles. The highest BCUT2D eigenvalue weighted by Crippen LogP contribution is 2.35. The Morgan fingerprint density at radius 3 is 1.92 bits per heavy atom. The molecule has 0 spiro atoms. The van der Waals surface area contributed by atoms with Gasteiger partial charge in [0.2, 0.25) is 0 Å². The Bertz CT molecular complexity index is 420. The van der Waals surface area contributed by atoms with E-state index >= 15 is 0 Å². The van der Waals surface area contributed by atoms with Crippen molar-refractivity contribution in [1.82, 2.24) is 0 Å². The Balaban J connectivity index is 1.93. The predicted molar refractivity (Wildman–Crippen MR) is 96.3 cm³/mol. The molecule has 0 unspecified atom stereocenters. The third-order valence-electron chi connectivity index (χ3n) is 4.87. The van der Waals surface area contributed by atoms with E-state index in [0.29, 0.717) is 6.42 Å². The highest BCUT2D eigenvalue weighted by molar-refractivity contribution is 5.50. The number of unbranched alkanes of at least 4 members (excludes halogenated alkanes) is 2. The van der Waals surface area contributed by atoms with Crippen molar-refractivity contribution in [3.8, 4) is 0 Å². The fraction of sp³-hybridized carbons (Fsp3) is 0.950. The lowest BCUT2D eigenvalue weighted by Crippen LogP contribution is -2.49. The SMILES string of the molecule is CCCCC[C@@H]1C[C@H](C[C@@H]2C[C@H](CC=O)OC(C)(C)O2)OC(C)(C)O1. The Morgan fingerprint density at radius 1 is 0.840 bits per heavy atom. The van der Waals surface area contributed by atoms with Crippen LogP contribution in [0.25, 0.3) is 0 Å². The monoisotopic (exact) mass is 356 g/mol. The molecule has 0 aromatic rings. The second-order valence-corrected chi connectivity index (χ2v) is 8.36. The second-order valence-electron chi connectivity index (χ2n) is 8.36. The number of carbonyl (C=O) groups is 1. The van der Waals surface area contributed by atoms with Crippen molar-refractivity contribution in [3.63, 3.8) is 0 Å². The van der Waals surface area contributed by atoms with E-state index in [0.717, 1.165) is 32.0 Å². The molecule has 2 saturated heterocycles. The number of ether oxygens (including phenoxy) is 4. The number of hydrogen-bond acceptors (Lipinski definition) is 5. The van der Waals surface area contributed by atoms with Gasteiger partial charge in [0.25, 0.3) is 0 Å². The second kappa shape index (κ2) is 8.94. The normalized spacial score (nSPS) is 34.6. The summed E-state index contributed by atoms with van der Waals surface area (Å²) in [5.41, 5.74) is 0. The van der Waals surface area contributed by atoms with Crippen LogP contribution in [0.5, 0.6) is 0 Å². The Morgan fingerprint density at radius 2 is 1.36 bits per heavy atom.